The van der Waals surface area contributed by atoms with Crippen LogP contribution in [0.15, 0.2) is 42.7 Å². The minimum Gasteiger partial charge on any atom is -0.378 e. The van der Waals surface area contributed by atoms with Crippen LogP contribution in [0.1, 0.15) is 6.42 Å². The quantitative estimate of drug-likeness (QED) is 0.897. The summed E-state index contributed by atoms with van der Waals surface area (Å²) in [6.45, 7) is 2.09. The van der Waals surface area contributed by atoms with Crippen molar-refractivity contribution in [1.29, 1.82) is 0 Å². The molecule has 118 valence electrons. The van der Waals surface area contributed by atoms with Crippen molar-refractivity contribution in [3.8, 4) is 5.69 Å². The number of nitrogens with zero attached hydrogens (tertiary/aromatic N) is 2. The Morgan fingerprint density at radius 3 is 2.95 bits per heavy atom. The fraction of sp³-hybridized carbons (Fsp3) is 0.333. The van der Waals surface area contributed by atoms with Gasteiger partial charge in [0.1, 0.15) is 0 Å². The number of halogens is 1. The molecule has 0 radical (unpaired) electrons. The van der Waals surface area contributed by atoms with Gasteiger partial charge in [0.2, 0.25) is 5.91 Å². The highest BCUT2D eigenvalue weighted by Crippen LogP contribution is 2.12. The number of ether oxygens (including phenoxy) is 1. The van der Waals surface area contributed by atoms with Crippen LogP contribution in [0.5, 0.6) is 0 Å². The van der Waals surface area contributed by atoms with E-state index in [9.17, 15) is 4.79 Å². The Balaban J connectivity index is 0.00000176. The van der Waals surface area contributed by atoms with E-state index >= 15 is 0 Å². The number of anilines is 1. The summed E-state index contributed by atoms with van der Waals surface area (Å²) < 4.78 is 7.07. The number of carbonyl (C=O) groups excluding carboxylic acids is 1. The summed E-state index contributed by atoms with van der Waals surface area (Å²) in [5, 5.41) is 10.4. The summed E-state index contributed by atoms with van der Waals surface area (Å²) in [4.78, 5) is 12.0. The lowest BCUT2D eigenvalue weighted by atomic mass is 10.2. The molecule has 2 heterocycles. The number of morpholine rings is 1. The molecule has 3 rings (SSSR count). The van der Waals surface area contributed by atoms with Gasteiger partial charge in [0, 0.05) is 19.0 Å². The van der Waals surface area contributed by atoms with E-state index in [-0.39, 0.29) is 24.4 Å². The van der Waals surface area contributed by atoms with Gasteiger partial charge in [-0.15, -0.1) is 12.4 Å². The molecule has 1 aliphatic heterocycles. The van der Waals surface area contributed by atoms with Gasteiger partial charge in [-0.1, -0.05) is 18.2 Å². The molecule has 1 unspecified atom stereocenters. The molecule has 1 amide bonds. The lowest BCUT2D eigenvalue weighted by Crippen LogP contribution is -2.43. The van der Waals surface area contributed by atoms with Crippen LogP contribution < -0.4 is 10.6 Å². The first kappa shape index (κ1) is 16.5. The third-order valence-corrected chi connectivity index (χ3v) is 3.32. The number of nitrogens with one attached hydrogen (secondary N) is 2. The molecular formula is C15H19ClN4O2. The van der Waals surface area contributed by atoms with Crippen LogP contribution in [0.25, 0.3) is 5.69 Å². The minimum absolute atomic E-state index is 0. The van der Waals surface area contributed by atoms with Crippen molar-refractivity contribution >= 4 is 24.0 Å². The van der Waals surface area contributed by atoms with Gasteiger partial charge in [0.15, 0.2) is 0 Å². The monoisotopic (exact) mass is 322 g/mol. The van der Waals surface area contributed by atoms with Gasteiger partial charge in [-0.05, 0) is 12.1 Å². The molecule has 1 fully saturated rings. The van der Waals surface area contributed by atoms with Gasteiger partial charge >= 0.3 is 0 Å². The van der Waals surface area contributed by atoms with Crippen molar-refractivity contribution in [2.24, 2.45) is 0 Å². The molecule has 22 heavy (non-hydrogen) atoms. The van der Waals surface area contributed by atoms with Gasteiger partial charge < -0.3 is 15.4 Å². The fourth-order valence-corrected chi connectivity index (χ4v) is 2.30. The average Bonchev–Trinajstić information content (AvgIpc) is 2.97. The molecule has 1 saturated heterocycles. The topological polar surface area (TPSA) is 68.2 Å². The zero-order valence-electron chi connectivity index (χ0n) is 12.1. The second-order valence-electron chi connectivity index (χ2n) is 4.99. The van der Waals surface area contributed by atoms with Crippen LogP contribution in [0.3, 0.4) is 0 Å². The van der Waals surface area contributed by atoms with Crippen molar-refractivity contribution in [1.82, 2.24) is 15.1 Å². The van der Waals surface area contributed by atoms with E-state index in [2.05, 4.69) is 15.7 Å². The molecule has 0 aliphatic carbocycles. The van der Waals surface area contributed by atoms with Crippen molar-refractivity contribution in [2.45, 2.75) is 12.5 Å². The highest BCUT2D eigenvalue weighted by atomic mass is 35.5. The Morgan fingerprint density at radius 2 is 2.23 bits per heavy atom. The van der Waals surface area contributed by atoms with Crippen molar-refractivity contribution in [3.05, 3.63) is 42.7 Å². The lowest BCUT2D eigenvalue weighted by Gasteiger charge is -2.23. The van der Waals surface area contributed by atoms with Crippen LogP contribution >= 0.6 is 12.4 Å². The van der Waals surface area contributed by atoms with Crippen LogP contribution in [0.2, 0.25) is 0 Å². The van der Waals surface area contributed by atoms with Crippen LogP contribution in [0.4, 0.5) is 5.69 Å². The van der Waals surface area contributed by atoms with E-state index in [1.165, 1.54) is 0 Å². The molecule has 1 aromatic heterocycles. The van der Waals surface area contributed by atoms with Crippen molar-refractivity contribution in [3.63, 3.8) is 0 Å². The standard InChI is InChI=1S/C15H18N4O2.ClH/c20-15(8-12-11-21-7-6-16-12)18-13-9-17-19(10-13)14-4-2-1-3-5-14;/h1-5,9-10,12,16H,6-8,11H2,(H,18,20);1H. The summed E-state index contributed by atoms with van der Waals surface area (Å²) >= 11 is 0. The van der Waals surface area contributed by atoms with Gasteiger partial charge in [0.25, 0.3) is 0 Å². The SMILES string of the molecule is Cl.O=C(CC1COCCN1)Nc1cnn(-c2ccccc2)c1. The largest absolute Gasteiger partial charge is 0.378 e. The maximum Gasteiger partial charge on any atom is 0.226 e. The Kier molecular flexibility index (Phi) is 5.94. The fourth-order valence-electron chi connectivity index (χ4n) is 2.30. The summed E-state index contributed by atoms with van der Waals surface area (Å²) in [6, 6.07) is 9.86. The van der Waals surface area contributed by atoms with Crippen molar-refractivity contribution in [2.75, 3.05) is 25.1 Å². The number of rotatable bonds is 4. The van der Waals surface area contributed by atoms with Crippen LogP contribution in [-0.2, 0) is 9.53 Å². The maximum absolute atomic E-state index is 12.0. The number of amides is 1. The Labute approximate surface area is 135 Å². The predicted octanol–water partition coefficient (Wildman–Crippen LogP) is 1.61. The molecule has 1 aliphatic rings. The van der Waals surface area contributed by atoms with Crippen molar-refractivity contribution < 1.29 is 9.53 Å². The highest BCUT2D eigenvalue weighted by Gasteiger charge is 2.17. The van der Waals surface area contributed by atoms with E-state index in [4.69, 9.17) is 4.74 Å². The Hall–Kier alpha value is -1.89. The molecule has 0 spiro atoms. The van der Waals surface area contributed by atoms with Crippen LogP contribution in [-0.4, -0.2) is 41.5 Å². The molecule has 2 N–H and O–H groups in total. The molecular weight excluding hydrogens is 304 g/mol. The molecule has 1 atom stereocenters. The number of hydrogen-bond acceptors (Lipinski definition) is 4. The molecule has 2 aromatic rings. The predicted molar refractivity (Wildman–Crippen MR) is 86.7 cm³/mol. The second-order valence-corrected chi connectivity index (χ2v) is 4.99. The normalized spacial score (nSPS) is 17.5. The first-order valence-electron chi connectivity index (χ1n) is 7.02. The summed E-state index contributed by atoms with van der Waals surface area (Å²) in [5.41, 5.74) is 1.65. The average molecular weight is 323 g/mol. The third-order valence-electron chi connectivity index (χ3n) is 3.32. The Bertz CT molecular complexity index is 597. The number of para-hydroxylation sites is 1. The number of benzene rings is 1. The summed E-state index contributed by atoms with van der Waals surface area (Å²) in [7, 11) is 0. The number of hydrogen-bond donors (Lipinski definition) is 2. The molecule has 1 aromatic carbocycles. The smallest absolute Gasteiger partial charge is 0.226 e. The van der Waals surface area contributed by atoms with Gasteiger partial charge in [0.05, 0.1) is 37.0 Å². The second kappa shape index (κ2) is 7.93. The van der Waals surface area contributed by atoms with Gasteiger partial charge in [-0.3, -0.25) is 4.79 Å². The number of aromatic nitrogens is 2. The summed E-state index contributed by atoms with van der Waals surface area (Å²) in [5.74, 6) is -0.0365. The van der Waals surface area contributed by atoms with Gasteiger partial charge in [-0.25, -0.2) is 4.68 Å². The zero-order chi connectivity index (χ0) is 14.5. The summed E-state index contributed by atoms with van der Waals surface area (Å²) in [6.07, 6.45) is 3.85. The first-order chi connectivity index (χ1) is 10.3. The van der Waals surface area contributed by atoms with E-state index < -0.39 is 0 Å². The van der Waals surface area contributed by atoms with E-state index in [0.717, 1.165) is 12.2 Å². The highest BCUT2D eigenvalue weighted by molar-refractivity contribution is 5.90. The third kappa shape index (κ3) is 4.30. The molecule has 7 heteroatoms. The maximum atomic E-state index is 12.0. The van der Waals surface area contributed by atoms with Gasteiger partial charge in [-0.2, -0.15) is 5.10 Å². The minimum atomic E-state index is -0.0365. The molecule has 0 bridgehead atoms. The lowest BCUT2D eigenvalue weighted by molar-refractivity contribution is -0.117. The van der Waals surface area contributed by atoms with E-state index in [0.29, 0.717) is 25.3 Å². The first-order valence-corrected chi connectivity index (χ1v) is 7.02. The van der Waals surface area contributed by atoms with Crippen LogP contribution in [0, 0.1) is 0 Å². The molecule has 6 nitrogen and oxygen atoms in total. The van der Waals surface area contributed by atoms with E-state index in [1.54, 1.807) is 17.1 Å². The Morgan fingerprint density at radius 1 is 1.41 bits per heavy atom. The molecule has 0 saturated carbocycles. The number of carbonyl (C=O) groups is 1. The van der Waals surface area contributed by atoms with E-state index in [1.807, 2.05) is 30.3 Å². The zero-order valence-corrected chi connectivity index (χ0v) is 12.9.